The van der Waals surface area contributed by atoms with E-state index in [-0.39, 0.29) is 11.3 Å². The number of amides is 1. The molecule has 3 rings (SSSR count). The van der Waals surface area contributed by atoms with Gasteiger partial charge in [0.1, 0.15) is 11.5 Å². The summed E-state index contributed by atoms with van der Waals surface area (Å²) < 4.78 is 1.62. The van der Waals surface area contributed by atoms with Crippen LogP contribution in [0.1, 0.15) is 42.8 Å². The van der Waals surface area contributed by atoms with E-state index < -0.39 is 0 Å². The molecule has 0 aliphatic carbocycles. The molecule has 0 spiro atoms. The lowest BCUT2D eigenvalue weighted by Gasteiger charge is -2.13. The van der Waals surface area contributed by atoms with Crippen molar-refractivity contribution in [2.45, 2.75) is 33.1 Å². The van der Waals surface area contributed by atoms with Crippen molar-refractivity contribution in [3.8, 4) is 0 Å². The molecular formula is C17H21N5O. The van der Waals surface area contributed by atoms with Crippen molar-refractivity contribution in [3.63, 3.8) is 0 Å². The lowest BCUT2D eigenvalue weighted by molar-refractivity contribution is 0.101. The topological polar surface area (TPSA) is 75.6 Å². The van der Waals surface area contributed by atoms with Crippen molar-refractivity contribution in [2.75, 3.05) is 5.32 Å². The first-order valence-electron chi connectivity index (χ1n) is 7.56. The number of rotatable bonds is 2. The van der Waals surface area contributed by atoms with Gasteiger partial charge in [0.15, 0.2) is 0 Å². The zero-order chi connectivity index (χ0) is 16.8. The lowest BCUT2D eigenvalue weighted by atomic mass is 9.92. The number of fused-ring (bicyclic) bond motifs is 1. The normalized spacial score (nSPS) is 11.9. The Balaban J connectivity index is 1.87. The molecule has 1 aromatic carbocycles. The van der Waals surface area contributed by atoms with E-state index in [1.807, 2.05) is 31.2 Å². The highest BCUT2D eigenvalue weighted by atomic mass is 16.2. The SMILES string of the molecule is Cc1nc2ccc(NC(=O)c3cc(C(C)(C)C)nn3C)cc2[nH]1. The summed E-state index contributed by atoms with van der Waals surface area (Å²) in [6, 6.07) is 7.46. The van der Waals surface area contributed by atoms with Gasteiger partial charge in [-0.05, 0) is 31.2 Å². The molecule has 6 heteroatoms. The molecule has 1 amide bonds. The first-order valence-corrected chi connectivity index (χ1v) is 7.56. The van der Waals surface area contributed by atoms with Crippen molar-refractivity contribution >= 4 is 22.6 Å². The molecule has 0 aliphatic rings. The van der Waals surface area contributed by atoms with E-state index in [0.717, 1.165) is 28.2 Å². The third kappa shape index (κ3) is 2.97. The van der Waals surface area contributed by atoms with Gasteiger partial charge in [-0.1, -0.05) is 20.8 Å². The maximum absolute atomic E-state index is 12.5. The summed E-state index contributed by atoms with van der Waals surface area (Å²) >= 11 is 0. The van der Waals surface area contributed by atoms with Crippen molar-refractivity contribution < 1.29 is 4.79 Å². The Morgan fingerprint density at radius 2 is 2.00 bits per heavy atom. The molecule has 0 saturated heterocycles. The van der Waals surface area contributed by atoms with Crippen LogP contribution in [0.15, 0.2) is 24.3 Å². The first kappa shape index (κ1) is 15.3. The molecule has 0 fully saturated rings. The van der Waals surface area contributed by atoms with E-state index in [2.05, 4.69) is 41.2 Å². The second-order valence-electron chi connectivity index (χ2n) is 6.80. The molecule has 2 aromatic heterocycles. The number of imidazole rings is 1. The number of aromatic amines is 1. The third-order valence-electron chi connectivity index (χ3n) is 3.74. The molecule has 6 nitrogen and oxygen atoms in total. The molecule has 0 radical (unpaired) electrons. The van der Waals surface area contributed by atoms with E-state index in [0.29, 0.717) is 5.69 Å². The number of aromatic nitrogens is 4. The zero-order valence-electron chi connectivity index (χ0n) is 14.1. The van der Waals surface area contributed by atoms with Crippen LogP contribution in [-0.4, -0.2) is 25.7 Å². The van der Waals surface area contributed by atoms with Crippen LogP contribution in [0.3, 0.4) is 0 Å². The van der Waals surface area contributed by atoms with Crippen LogP contribution >= 0.6 is 0 Å². The standard InChI is InChI=1S/C17H21N5O/c1-10-18-12-7-6-11(8-13(12)19-10)20-16(23)14-9-15(17(2,3)4)21-22(14)5/h6-9H,1-5H3,(H,18,19)(H,20,23). The average Bonchev–Trinajstić information content (AvgIpc) is 2.99. The van der Waals surface area contributed by atoms with Gasteiger partial charge in [0.05, 0.1) is 16.7 Å². The summed E-state index contributed by atoms with van der Waals surface area (Å²) in [4.78, 5) is 20.0. The van der Waals surface area contributed by atoms with Gasteiger partial charge in [-0.2, -0.15) is 5.10 Å². The van der Waals surface area contributed by atoms with Crippen molar-refractivity contribution in [1.82, 2.24) is 19.7 Å². The Hall–Kier alpha value is -2.63. The fourth-order valence-electron chi connectivity index (χ4n) is 2.46. The number of hydrogen-bond acceptors (Lipinski definition) is 3. The van der Waals surface area contributed by atoms with Gasteiger partial charge in [-0.25, -0.2) is 4.98 Å². The van der Waals surface area contributed by atoms with Crippen molar-refractivity contribution in [1.29, 1.82) is 0 Å². The van der Waals surface area contributed by atoms with Crippen molar-refractivity contribution in [3.05, 3.63) is 41.5 Å². The summed E-state index contributed by atoms with van der Waals surface area (Å²) in [6.07, 6.45) is 0. The Morgan fingerprint density at radius 3 is 2.65 bits per heavy atom. The van der Waals surface area contributed by atoms with Crippen molar-refractivity contribution in [2.24, 2.45) is 7.05 Å². The minimum absolute atomic E-state index is 0.0946. The Morgan fingerprint density at radius 1 is 1.26 bits per heavy atom. The van der Waals surface area contributed by atoms with Gasteiger partial charge < -0.3 is 10.3 Å². The van der Waals surface area contributed by atoms with Gasteiger partial charge in [0.2, 0.25) is 0 Å². The van der Waals surface area contributed by atoms with Gasteiger partial charge in [0, 0.05) is 18.2 Å². The smallest absolute Gasteiger partial charge is 0.273 e. The van der Waals surface area contributed by atoms with E-state index in [4.69, 9.17) is 0 Å². The fourth-order valence-corrected chi connectivity index (χ4v) is 2.46. The average molecular weight is 311 g/mol. The molecule has 0 saturated carbocycles. The van der Waals surface area contributed by atoms with Gasteiger partial charge in [-0.15, -0.1) is 0 Å². The molecule has 120 valence electrons. The maximum Gasteiger partial charge on any atom is 0.273 e. The van der Waals surface area contributed by atoms with Crippen LogP contribution < -0.4 is 5.32 Å². The summed E-state index contributed by atoms with van der Waals surface area (Å²) in [5.74, 6) is 0.677. The van der Waals surface area contributed by atoms with Gasteiger partial charge >= 0.3 is 0 Å². The number of nitrogens with zero attached hydrogens (tertiary/aromatic N) is 3. The highest BCUT2D eigenvalue weighted by Gasteiger charge is 2.21. The van der Waals surface area contributed by atoms with Crippen LogP contribution in [0.4, 0.5) is 5.69 Å². The number of anilines is 1. The summed E-state index contributed by atoms with van der Waals surface area (Å²) in [7, 11) is 1.78. The monoisotopic (exact) mass is 311 g/mol. The predicted molar refractivity (Wildman–Crippen MR) is 90.7 cm³/mol. The highest BCUT2D eigenvalue weighted by molar-refractivity contribution is 6.03. The molecule has 0 bridgehead atoms. The minimum Gasteiger partial charge on any atom is -0.342 e. The minimum atomic E-state index is -0.175. The number of benzene rings is 1. The van der Waals surface area contributed by atoms with Crippen LogP contribution in [-0.2, 0) is 12.5 Å². The summed E-state index contributed by atoms with van der Waals surface area (Å²) in [5, 5.41) is 7.36. The van der Waals surface area contributed by atoms with E-state index >= 15 is 0 Å². The maximum atomic E-state index is 12.5. The zero-order valence-corrected chi connectivity index (χ0v) is 14.1. The van der Waals surface area contributed by atoms with Crippen LogP contribution in [0.25, 0.3) is 11.0 Å². The number of aryl methyl sites for hydroxylation is 2. The highest BCUT2D eigenvalue weighted by Crippen LogP contribution is 2.22. The molecule has 0 aliphatic heterocycles. The van der Waals surface area contributed by atoms with Gasteiger partial charge in [-0.3, -0.25) is 9.48 Å². The Bertz CT molecular complexity index is 882. The Kier molecular flexibility index (Phi) is 3.47. The third-order valence-corrected chi connectivity index (χ3v) is 3.74. The second kappa shape index (κ2) is 5.22. The van der Waals surface area contributed by atoms with Crippen LogP contribution in [0, 0.1) is 6.92 Å². The summed E-state index contributed by atoms with van der Waals surface area (Å²) in [6.45, 7) is 8.13. The largest absolute Gasteiger partial charge is 0.342 e. The van der Waals surface area contributed by atoms with E-state index in [1.54, 1.807) is 11.7 Å². The number of nitrogens with one attached hydrogen (secondary N) is 2. The fraction of sp³-hybridized carbons (Fsp3) is 0.353. The number of H-pyrrole nitrogens is 1. The van der Waals surface area contributed by atoms with Crippen LogP contribution in [0.5, 0.6) is 0 Å². The number of carbonyl (C=O) groups excluding carboxylic acids is 1. The first-order chi connectivity index (χ1) is 10.7. The Labute approximate surface area is 134 Å². The molecule has 23 heavy (non-hydrogen) atoms. The molecular weight excluding hydrogens is 290 g/mol. The molecule has 0 unspecified atom stereocenters. The molecule has 3 aromatic rings. The summed E-state index contributed by atoms with van der Waals surface area (Å²) in [5.41, 5.74) is 3.85. The van der Waals surface area contributed by atoms with E-state index in [1.165, 1.54) is 0 Å². The quantitative estimate of drug-likeness (QED) is 0.763. The second-order valence-corrected chi connectivity index (χ2v) is 6.80. The number of hydrogen-bond donors (Lipinski definition) is 2. The lowest BCUT2D eigenvalue weighted by Crippen LogP contribution is -2.15. The number of carbonyl (C=O) groups is 1. The molecule has 2 N–H and O–H groups in total. The van der Waals surface area contributed by atoms with Gasteiger partial charge in [0.25, 0.3) is 5.91 Å². The van der Waals surface area contributed by atoms with E-state index in [9.17, 15) is 4.79 Å². The molecule has 2 heterocycles. The van der Waals surface area contributed by atoms with Crippen LogP contribution in [0.2, 0.25) is 0 Å². The predicted octanol–water partition coefficient (Wildman–Crippen LogP) is 3.15. The molecule has 0 atom stereocenters.